The second-order valence-corrected chi connectivity index (χ2v) is 5.20. The number of nitrogens with zero attached hydrogens (tertiary/aromatic N) is 1. The lowest BCUT2D eigenvalue weighted by Crippen LogP contribution is -2.28. The highest BCUT2D eigenvalue weighted by molar-refractivity contribution is 5.94. The van der Waals surface area contributed by atoms with Gasteiger partial charge in [0.25, 0.3) is 0 Å². The van der Waals surface area contributed by atoms with Crippen LogP contribution in [0.1, 0.15) is 29.8 Å². The quantitative estimate of drug-likeness (QED) is 0.674. The van der Waals surface area contributed by atoms with Gasteiger partial charge in [-0.25, -0.2) is 4.79 Å². The molecule has 0 radical (unpaired) electrons. The summed E-state index contributed by atoms with van der Waals surface area (Å²) < 4.78 is 5.03. The van der Waals surface area contributed by atoms with Crippen LogP contribution < -0.4 is 9.64 Å². The summed E-state index contributed by atoms with van der Waals surface area (Å²) in [6.07, 6.45) is 0. The van der Waals surface area contributed by atoms with E-state index in [-0.39, 0.29) is 18.0 Å². The minimum atomic E-state index is -1.06. The maximum atomic E-state index is 12.0. The number of hydrogen-bond acceptors (Lipinski definition) is 4. The highest BCUT2D eigenvalue weighted by Crippen LogP contribution is 2.21. The van der Waals surface area contributed by atoms with Gasteiger partial charge in [0.05, 0.1) is 12.1 Å². The van der Waals surface area contributed by atoms with Crippen molar-refractivity contribution >= 4 is 23.5 Å². The predicted molar refractivity (Wildman–Crippen MR) is 88.0 cm³/mol. The van der Waals surface area contributed by atoms with Crippen LogP contribution in [-0.4, -0.2) is 23.0 Å². The number of carbonyl (C=O) groups excluding carboxylic acids is 2. The summed E-state index contributed by atoms with van der Waals surface area (Å²) in [4.78, 5) is 35.6. The molecule has 0 bridgehead atoms. The van der Waals surface area contributed by atoms with Gasteiger partial charge in [-0.1, -0.05) is 18.2 Å². The molecule has 0 aliphatic heterocycles. The van der Waals surface area contributed by atoms with Crippen molar-refractivity contribution in [1.82, 2.24) is 0 Å². The van der Waals surface area contributed by atoms with E-state index in [0.717, 1.165) is 5.56 Å². The Hall–Kier alpha value is -3.15. The van der Waals surface area contributed by atoms with E-state index in [1.165, 1.54) is 30.9 Å². The van der Waals surface area contributed by atoms with Crippen LogP contribution in [0.15, 0.2) is 48.5 Å². The van der Waals surface area contributed by atoms with Crippen molar-refractivity contribution in [3.63, 3.8) is 0 Å². The summed E-state index contributed by atoms with van der Waals surface area (Å²) in [5.41, 5.74) is 1.34. The lowest BCUT2D eigenvalue weighted by molar-refractivity contribution is -0.131. The summed E-state index contributed by atoms with van der Waals surface area (Å²) in [5.74, 6) is -1.32. The molecule has 124 valence electrons. The van der Waals surface area contributed by atoms with Crippen LogP contribution in [0.5, 0.6) is 5.75 Å². The van der Waals surface area contributed by atoms with E-state index in [4.69, 9.17) is 9.84 Å². The Bertz CT molecular complexity index is 784. The minimum absolute atomic E-state index is 0.104. The third-order valence-corrected chi connectivity index (χ3v) is 3.29. The van der Waals surface area contributed by atoms with Crippen molar-refractivity contribution in [1.29, 1.82) is 0 Å². The third kappa shape index (κ3) is 4.42. The number of anilines is 1. The number of carboxylic acids is 1. The summed E-state index contributed by atoms with van der Waals surface area (Å²) in [6.45, 7) is 2.95. The first-order valence-corrected chi connectivity index (χ1v) is 7.25. The van der Waals surface area contributed by atoms with Gasteiger partial charge in [-0.2, -0.15) is 0 Å². The van der Waals surface area contributed by atoms with E-state index in [2.05, 4.69) is 0 Å². The maximum absolute atomic E-state index is 12.0. The fourth-order valence-electron chi connectivity index (χ4n) is 2.25. The second kappa shape index (κ2) is 7.41. The highest BCUT2D eigenvalue weighted by Gasteiger charge is 2.14. The van der Waals surface area contributed by atoms with Crippen LogP contribution in [-0.2, 0) is 16.1 Å². The molecule has 0 spiro atoms. The highest BCUT2D eigenvalue weighted by atomic mass is 16.5. The van der Waals surface area contributed by atoms with Crippen molar-refractivity contribution in [2.45, 2.75) is 20.4 Å². The topological polar surface area (TPSA) is 83.9 Å². The SMILES string of the molecule is CC(=O)Oc1cccc(CN(C(C)=O)c2cccc(C(=O)O)c2)c1. The molecular weight excluding hydrogens is 310 g/mol. The number of rotatable bonds is 5. The molecule has 0 aliphatic carbocycles. The van der Waals surface area contributed by atoms with Crippen LogP contribution in [0, 0.1) is 0 Å². The third-order valence-electron chi connectivity index (χ3n) is 3.29. The molecule has 0 fully saturated rings. The number of hydrogen-bond donors (Lipinski definition) is 1. The average Bonchev–Trinajstić information content (AvgIpc) is 2.52. The summed E-state index contributed by atoms with van der Waals surface area (Å²) in [7, 11) is 0. The standard InChI is InChI=1S/C18H17NO5/c1-12(20)19(16-7-4-6-15(10-16)18(22)23)11-14-5-3-8-17(9-14)24-13(2)21/h3-10H,11H2,1-2H3,(H,22,23). The second-order valence-electron chi connectivity index (χ2n) is 5.20. The fraction of sp³-hybridized carbons (Fsp3) is 0.167. The number of ether oxygens (including phenoxy) is 1. The Labute approximate surface area is 139 Å². The molecule has 0 heterocycles. The van der Waals surface area contributed by atoms with Crippen LogP contribution in [0.2, 0.25) is 0 Å². The molecule has 0 saturated heterocycles. The number of esters is 1. The molecule has 1 N–H and O–H groups in total. The summed E-state index contributed by atoms with van der Waals surface area (Å²) in [5, 5.41) is 9.09. The molecule has 0 unspecified atom stereocenters. The molecule has 1 amide bonds. The van der Waals surface area contributed by atoms with Crippen molar-refractivity contribution in [2.75, 3.05) is 4.90 Å². The smallest absolute Gasteiger partial charge is 0.335 e. The van der Waals surface area contributed by atoms with Gasteiger partial charge in [-0.3, -0.25) is 9.59 Å². The molecule has 6 heteroatoms. The largest absolute Gasteiger partial charge is 0.478 e. The number of amides is 1. The Kier molecular flexibility index (Phi) is 5.31. The predicted octanol–water partition coefficient (Wildman–Crippen LogP) is 2.86. The lowest BCUT2D eigenvalue weighted by Gasteiger charge is -2.22. The molecule has 24 heavy (non-hydrogen) atoms. The Morgan fingerprint density at radius 1 is 1.04 bits per heavy atom. The number of carbonyl (C=O) groups is 3. The van der Waals surface area contributed by atoms with Crippen molar-refractivity contribution in [3.05, 3.63) is 59.7 Å². The first-order chi connectivity index (χ1) is 11.4. The van der Waals surface area contributed by atoms with Gasteiger partial charge in [0.2, 0.25) is 5.91 Å². The molecule has 0 atom stereocenters. The molecule has 0 saturated carbocycles. The Morgan fingerprint density at radius 3 is 2.38 bits per heavy atom. The Balaban J connectivity index is 2.29. The van der Waals surface area contributed by atoms with E-state index in [1.54, 1.807) is 36.4 Å². The normalized spacial score (nSPS) is 10.1. The zero-order valence-corrected chi connectivity index (χ0v) is 13.4. The molecule has 6 nitrogen and oxygen atoms in total. The Morgan fingerprint density at radius 2 is 1.75 bits per heavy atom. The van der Waals surface area contributed by atoms with E-state index in [9.17, 15) is 14.4 Å². The van der Waals surface area contributed by atoms with Crippen LogP contribution in [0.25, 0.3) is 0 Å². The van der Waals surface area contributed by atoms with E-state index < -0.39 is 11.9 Å². The first-order valence-electron chi connectivity index (χ1n) is 7.25. The molecule has 2 rings (SSSR count). The minimum Gasteiger partial charge on any atom is -0.478 e. The van der Waals surface area contributed by atoms with E-state index >= 15 is 0 Å². The molecule has 2 aromatic rings. The molecule has 0 aliphatic rings. The molecular formula is C18H17NO5. The van der Waals surface area contributed by atoms with Crippen molar-refractivity contribution in [3.8, 4) is 5.75 Å². The van der Waals surface area contributed by atoms with Crippen molar-refractivity contribution < 1.29 is 24.2 Å². The zero-order valence-electron chi connectivity index (χ0n) is 13.4. The number of carboxylic acid groups (broad SMARTS) is 1. The van der Waals surface area contributed by atoms with Crippen LogP contribution >= 0.6 is 0 Å². The monoisotopic (exact) mass is 327 g/mol. The van der Waals surface area contributed by atoms with Gasteiger partial charge >= 0.3 is 11.9 Å². The molecule has 0 aromatic heterocycles. The van der Waals surface area contributed by atoms with Gasteiger partial charge in [0, 0.05) is 19.5 Å². The fourth-order valence-corrected chi connectivity index (χ4v) is 2.25. The summed E-state index contributed by atoms with van der Waals surface area (Å²) in [6, 6.07) is 13.0. The lowest BCUT2D eigenvalue weighted by atomic mass is 10.1. The molecule has 2 aromatic carbocycles. The van der Waals surface area contributed by atoms with Crippen LogP contribution in [0.3, 0.4) is 0 Å². The van der Waals surface area contributed by atoms with Gasteiger partial charge in [-0.15, -0.1) is 0 Å². The van der Waals surface area contributed by atoms with E-state index in [0.29, 0.717) is 11.4 Å². The maximum Gasteiger partial charge on any atom is 0.335 e. The van der Waals surface area contributed by atoms with E-state index in [1.807, 2.05) is 0 Å². The van der Waals surface area contributed by atoms with Gasteiger partial charge < -0.3 is 14.7 Å². The number of aromatic carboxylic acids is 1. The van der Waals surface area contributed by atoms with Crippen molar-refractivity contribution in [2.24, 2.45) is 0 Å². The van der Waals surface area contributed by atoms with Gasteiger partial charge in [-0.05, 0) is 35.9 Å². The summed E-state index contributed by atoms with van der Waals surface area (Å²) >= 11 is 0. The zero-order chi connectivity index (χ0) is 17.7. The number of benzene rings is 2. The average molecular weight is 327 g/mol. The van der Waals surface area contributed by atoms with Crippen LogP contribution in [0.4, 0.5) is 5.69 Å². The first kappa shape index (κ1) is 17.2. The van der Waals surface area contributed by atoms with Gasteiger partial charge in [0.15, 0.2) is 0 Å². The van der Waals surface area contributed by atoms with Gasteiger partial charge in [0.1, 0.15) is 5.75 Å².